The second kappa shape index (κ2) is 11.8. The Balaban J connectivity index is 2.41. The van der Waals surface area contributed by atoms with Gasteiger partial charge in [-0.3, -0.25) is 0 Å². The molecule has 1 rings (SSSR count). The molecule has 0 radical (unpaired) electrons. The summed E-state index contributed by atoms with van der Waals surface area (Å²) in [7, 11) is 2.18. The van der Waals surface area contributed by atoms with Crippen LogP contribution in [0.5, 0.6) is 0 Å². The quantitative estimate of drug-likeness (QED) is 0.274. The van der Waals surface area contributed by atoms with Crippen molar-refractivity contribution >= 4 is 18.0 Å². The van der Waals surface area contributed by atoms with Crippen LogP contribution in [0.4, 0.5) is 0 Å². The minimum atomic E-state index is 0.308. The Labute approximate surface area is 147 Å². The summed E-state index contributed by atoms with van der Waals surface area (Å²) in [5, 5.41) is 0.459. The molecule has 23 heavy (non-hydrogen) atoms. The van der Waals surface area contributed by atoms with Crippen molar-refractivity contribution < 1.29 is 4.79 Å². The third-order valence-electron chi connectivity index (χ3n) is 4.93. The van der Waals surface area contributed by atoms with E-state index in [1.165, 1.54) is 43.6 Å². The fraction of sp³-hybridized carbons (Fsp3) is 0.750. The Kier molecular flexibility index (Phi) is 10.4. The van der Waals surface area contributed by atoms with Crippen molar-refractivity contribution in [2.45, 2.75) is 63.5 Å². The molecule has 1 aliphatic carbocycles. The van der Waals surface area contributed by atoms with Gasteiger partial charge in [0.05, 0.1) is 0 Å². The Morgan fingerprint density at radius 2 is 2.00 bits per heavy atom. The maximum absolute atomic E-state index is 10.9. The first-order valence-electron chi connectivity index (χ1n) is 9.20. The highest BCUT2D eigenvalue weighted by Crippen LogP contribution is 2.30. The van der Waals surface area contributed by atoms with Gasteiger partial charge in [-0.1, -0.05) is 32.4 Å². The van der Waals surface area contributed by atoms with Crippen LogP contribution in [-0.2, 0) is 4.79 Å². The van der Waals surface area contributed by atoms with Crippen molar-refractivity contribution in [3.8, 4) is 0 Å². The molecule has 0 saturated heterocycles. The number of carbonyl (C=O) groups excluding carboxylic acids is 1. The smallest absolute Gasteiger partial charge is 0.123 e. The molecule has 0 aromatic rings. The fourth-order valence-corrected chi connectivity index (χ4v) is 4.59. The lowest BCUT2D eigenvalue weighted by Gasteiger charge is -2.33. The van der Waals surface area contributed by atoms with Crippen LogP contribution in [0.1, 0.15) is 58.3 Å². The van der Waals surface area contributed by atoms with E-state index in [1.807, 2.05) is 17.8 Å². The maximum Gasteiger partial charge on any atom is 0.123 e. The van der Waals surface area contributed by atoms with E-state index >= 15 is 0 Å². The molecule has 0 heterocycles. The third kappa shape index (κ3) is 7.60. The predicted molar refractivity (Wildman–Crippen MR) is 104 cm³/mol. The second-order valence-corrected chi connectivity index (χ2v) is 8.19. The fourth-order valence-electron chi connectivity index (χ4n) is 3.29. The largest absolute Gasteiger partial charge is 0.377 e. The van der Waals surface area contributed by atoms with Gasteiger partial charge in [-0.25, -0.2) is 0 Å². The first kappa shape index (κ1) is 20.3. The van der Waals surface area contributed by atoms with E-state index < -0.39 is 0 Å². The first-order chi connectivity index (χ1) is 11.1. The van der Waals surface area contributed by atoms with Gasteiger partial charge in [-0.2, -0.15) is 11.8 Å². The van der Waals surface area contributed by atoms with Crippen molar-refractivity contribution in [1.82, 2.24) is 4.90 Å². The van der Waals surface area contributed by atoms with Gasteiger partial charge < -0.3 is 9.69 Å². The van der Waals surface area contributed by atoms with Gasteiger partial charge in [0.25, 0.3) is 0 Å². The number of aldehydes is 1. The summed E-state index contributed by atoms with van der Waals surface area (Å²) in [5.41, 5.74) is 1.24. The zero-order valence-electron chi connectivity index (χ0n) is 15.1. The van der Waals surface area contributed by atoms with Crippen LogP contribution in [0, 0.1) is 11.8 Å². The average Bonchev–Trinajstić information content (AvgIpc) is 2.57. The molecule has 1 atom stereocenters. The van der Waals surface area contributed by atoms with Crippen molar-refractivity contribution in [2.24, 2.45) is 11.8 Å². The molecule has 0 aromatic carbocycles. The lowest BCUT2D eigenvalue weighted by molar-refractivity contribution is -0.112. The Morgan fingerprint density at radius 3 is 2.57 bits per heavy atom. The third-order valence-corrected chi connectivity index (χ3v) is 6.32. The van der Waals surface area contributed by atoms with E-state index in [2.05, 4.69) is 32.0 Å². The lowest BCUT2D eigenvalue weighted by Crippen LogP contribution is -2.31. The van der Waals surface area contributed by atoms with Crippen molar-refractivity contribution in [1.29, 1.82) is 0 Å². The molecule has 1 aliphatic rings. The monoisotopic (exact) mass is 337 g/mol. The number of allylic oxidation sites excluding steroid dienone is 1. The molecule has 0 spiro atoms. The zero-order chi connectivity index (χ0) is 17.1. The summed E-state index contributed by atoms with van der Waals surface area (Å²) in [6.07, 6.45) is 12.5. The number of hydrogen-bond donors (Lipinski definition) is 0. The van der Waals surface area contributed by atoms with E-state index in [4.69, 9.17) is 0 Å². The summed E-state index contributed by atoms with van der Waals surface area (Å²) in [5.74, 6) is 2.23. The van der Waals surface area contributed by atoms with Crippen molar-refractivity contribution in [3.05, 3.63) is 24.9 Å². The second-order valence-electron chi connectivity index (χ2n) is 6.88. The minimum absolute atomic E-state index is 0.308. The van der Waals surface area contributed by atoms with E-state index in [9.17, 15) is 4.79 Å². The van der Waals surface area contributed by atoms with Gasteiger partial charge in [0.15, 0.2) is 0 Å². The normalized spacial score (nSPS) is 22.3. The molecule has 1 unspecified atom stereocenters. The number of thioether (sulfide) groups is 1. The van der Waals surface area contributed by atoms with Gasteiger partial charge in [-0.15, -0.1) is 6.58 Å². The van der Waals surface area contributed by atoms with Crippen LogP contribution >= 0.6 is 11.8 Å². The first-order valence-corrected chi connectivity index (χ1v) is 10.2. The van der Waals surface area contributed by atoms with E-state index in [0.717, 1.165) is 32.1 Å². The topological polar surface area (TPSA) is 20.3 Å². The Hall–Kier alpha value is -0.700. The molecule has 0 aromatic heterocycles. The number of rotatable bonds is 12. The number of carbonyl (C=O) groups is 1. The zero-order valence-corrected chi connectivity index (χ0v) is 16.0. The SMILES string of the molecule is C=CCC(SCCCCC)C(=C)N(C)CC1CCC(C=O)CC1. The van der Waals surface area contributed by atoms with Crippen LogP contribution in [0.2, 0.25) is 0 Å². The van der Waals surface area contributed by atoms with Crippen LogP contribution in [0.3, 0.4) is 0 Å². The van der Waals surface area contributed by atoms with Crippen LogP contribution in [0.15, 0.2) is 24.9 Å². The Morgan fingerprint density at radius 1 is 1.30 bits per heavy atom. The van der Waals surface area contributed by atoms with Crippen molar-refractivity contribution in [2.75, 3.05) is 19.3 Å². The van der Waals surface area contributed by atoms with Crippen LogP contribution < -0.4 is 0 Å². The van der Waals surface area contributed by atoms with E-state index in [0.29, 0.717) is 17.1 Å². The molecular formula is C20H35NOS. The van der Waals surface area contributed by atoms with Gasteiger partial charge in [0.2, 0.25) is 0 Å². The standard InChI is InChI=1S/C20H35NOS/c1-5-7-8-14-23-20(9-6-2)17(3)21(4)15-18-10-12-19(16-22)13-11-18/h6,16,18-20H,2-3,5,7-15H2,1,4H3. The van der Waals surface area contributed by atoms with Crippen molar-refractivity contribution in [3.63, 3.8) is 0 Å². The highest BCUT2D eigenvalue weighted by Gasteiger charge is 2.23. The minimum Gasteiger partial charge on any atom is -0.377 e. The molecule has 3 heteroatoms. The number of hydrogen-bond acceptors (Lipinski definition) is 3. The number of unbranched alkanes of at least 4 members (excludes halogenated alkanes) is 2. The van der Waals surface area contributed by atoms with Crippen LogP contribution in [0.25, 0.3) is 0 Å². The molecular weight excluding hydrogens is 302 g/mol. The highest BCUT2D eigenvalue weighted by atomic mass is 32.2. The summed E-state index contributed by atoms with van der Waals surface area (Å²) < 4.78 is 0. The summed E-state index contributed by atoms with van der Waals surface area (Å²) >= 11 is 2.03. The molecule has 0 aliphatic heterocycles. The highest BCUT2D eigenvalue weighted by molar-refractivity contribution is 8.00. The van der Waals surface area contributed by atoms with Gasteiger partial charge >= 0.3 is 0 Å². The number of nitrogens with zero attached hydrogens (tertiary/aromatic N) is 1. The molecule has 0 amide bonds. The van der Waals surface area contributed by atoms with Crippen LogP contribution in [-0.4, -0.2) is 35.8 Å². The van der Waals surface area contributed by atoms with Gasteiger partial charge in [-0.05, 0) is 50.2 Å². The molecule has 1 saturated carbocycles. The molecule has 2 nitrogen and oxygen atoms in total. The molecule has 132 valence electrons. The summed E-state index contributed by atoms with van der Waals surface area (Å²) in [6.45, 7) is 11.6. The molecule has 0 N–H and O–H groups in total. The van der Waals surface area contributed by atoms with E-state index in [-0.39, 0.29) is 0 Å². The summed E-state index contributed by atoms with van der Waals surface area (Å²) in [4.78, 5) is 13.2. The van der Waals surface area contributed by atoms with Gasteiger partial charge in [0, 0.05) is 30.5 Å². The lowest BCUT2D eigenvalue weighted by atomic mass is 9.82. The summed E-state index contributed by atoms with van der Waals surface area (Å²) in [6, 6.07) is 0. The average molecular weight is 338 g/mol. The Bertz CT molecular complexity index is 361. The van der Waals surface area contributed by atoms with Gasteiger partial charge in [0.1, 0.15) is 6.29 Å². The molecule has 0 bridgehead atoms. The molecule has 1 fully saturated rings. The predicted octanol–water partition coefficient (Wildman–Crippen LogP) is 5.31. The van der Waals surface area contributed by atoms with E-state index in [1.54, 1.807) is 0 Å². The maximum atomic E-state index is 10.9.